The molecule has 1 aliphatic rings. The van der Waals surface area contributed by atoms with Crippen molar-refractivity contribution in [1.29, 1.82) is 0 Å². The fraction of sp³-hybridized carbons (Fsp3) is 0.857. The molecule has 1 fully saturated rings. The molecule has 0 aromatic heterocycles. The van der Waals surface area contributed by atoms with E-state index in [0.717, 1.165) is 0 Å². The number of carbonyl (C=O) groups excluding carboxylic acids is 2. The van der Waals surface area contributed by atoms with Crippen molar-refractivity contribution in [3.8, 4) is 0 Å². The van der Waals surface area contributed by atoms with Crippen LogP contribution in [0, 0.1) is 5.92 Å². The predicted octanol–water partition coefficient (Wildman–Crippen LogP) is 0.573. The van der Waals surface area contributed by atoms with E-state index in [-0.39, 0.29) is 23.3 Å². The van der Waals surface area contributed by atoms with Crippen molar-refractivity contribution in [1.82, 2.24) is 10.2 Å². The summed E-state index contributed by atoms with van der Waals surface area (Å²) < 4.78 is 23.0. The molecule has 0 aromatic carbocycles. The first-order chi connectivity index (χ1) is 9.68. The molecular formula is C14H26N2O4S. The maximum absolute atomic E-state index is 12.4. The van der Waals surface area contributed by atoms with Crippen molar-refractivity contribution in [3.63, 3.8) is 0 Å². The number of hydrogen-bond acceptors (Lipinski definition) is 4. The minimum Gasteiger partial charge on any atom is -0.343 e. The first kappa shape index (κ1) is 17.9. The molecule has 2 unspecified atom stereocenters. The van der Waals surface area contributed by atoms with Crippen molar-refractivity contribution in [2.75, 3.05) is 18.1 Å². The van der Waals surface area contributed by atoms with Gasteiger partial charge in [0.2, 0.25) is 11.8 Å². The maximum atomic E-state index is 12.4. The smallest absolute Gasteiger partial charge is 0.245 e. The van der Waals surface area contributed by atoms with Gasteiger partial charge in [0.15, 0.2) is 0 Å². The summed E-state index contributed by atoms with van der Waals surface area (Å²) in [7, 11) is -3.04. The van der Waals surface area contributed by atoms with Crippen LogP contribution < -0.4 is 5.32 Å². The Kier molecular flexibility index (Phi) is 6.19. The van der Waals surface area contributed by atoms with Crippen molar-refractivity contribution in [2.24, 2.45) is 5.92 Å². The molecule has 2 atom stereocenters. The number of nitrogens with one attached hydrogen (secondary N) is 1. The fourth-order valence-corrected chi connectivity index (χ4v) is 3.28. The first-order valence-electron chi connectivity index (χ1n) is 7.49. The second-order valence-electron chi connectivity index (χ2n) is 5.99. The van der Waals surface area contributed by atoms with Gasteiger partial charge in [0.1, 0.15) is 21.9 Å². The minimum absolute atomic E-state index is 0.0520. The number of nitrogens with zero attached hydrogens (tertiary/aromatic N) is 1. The van der Waals surface area contributed by atoms with Gasteiger partial charge in [-0.1, -0.05) is 20.8 Å². The van der Waals surface area contributed by atoms with Crippen LogP contribution in [0.15, 0.2) is 0 Å². The highest BCUT2D eigenvalue weighted by molar-refractivity contribution is 7.91. The quantitative estimate of drug-likeness (QED) is 0.744. The van der Waals surface area contributed by atoms with E-state index in [1.165, 1.54) is 4.90 Å². The van der Waals surface area contributed by atoms with Gasteiger partial charge < -0.3 is 10.2 Å². The maximum Gasteiger partial charge on any atom is 0.245 e. The zero-order valence-corrected chi connectivity index (χ0v) is 14.1. The Morgan fingerprint density at radius 3 is 2.43 bits per heavy atom. The van der Waals surface area contributed by atoms with Gasteiger partial charge in [-0.05, 0) is 25.7 Å². The lowest BCUT2D eigenvalue weighted by Crippen LogP contribution is -2.62. The zero-order valence-electron chi connectivity index (χ0n) is 13.3. The van der Waals surface area contributed by atoms with Gasteiger partial charge in [0.05, 0.1) is 5.75 Å². The van der Waals surface area contributed by atoms with Crippen LogP contribution in [-0.2, 0) is 19.4 Å². The molecule has 2 amide bonds. The average molecular weight is 318 g/mol. The molecule has 1 rings (SSSR count). The Morgan fingerprint density at radius 2 is 1.90 bits per heavy atom. The summed E-state index contributed by atoms with van der Waals surface area (Å²) in [4.78, 5) is 25.8. The Balaban J connectivity index is 2.69. The van der Waals surface area contributed by atoms with Gasteiger partial charge in [-0.3, -0.25) is 9.59 Å². The van der Waals surface area contributed by atoms with Gasteiger partial charge in [-0.15, -0.1) is 0 Å². The Morgan fingerprint density at radius 1 is 1.29 bits per heavy atom. The van der Waals surface area contributed by atoms with E-state index < -0.39 is 21.9 Å². The molecule has 1 N–H and O–H groups in total. The van der Waals surface area contributed by atoms with Crippen molar-refractivity contribution < 1.29 is 18.0 Å². The van der Waals surface area contributed by atoms with Crippen molar-refractivity contribution >= 4 is 21.7 Å². The molecule has 0 spiro atoms. The van der Waals surface area contributed by atoms with E-state index >= 15 is 0 Å². The summed E-state index contributed by atoms with van der Waals surface area (Å²) in [6.45, 7) is 7.58. The third-order valence-corrected chi connectivity index (χ3v) is 5.54. The van der Waals surface area contributed by atoms with Gasteiger partial charge in [-0.2, -0.15) is 0 Å². The minimum atomic E-state index is -3.04. The summed E-state index contributed by atoms with van der Waals surface area (Å²) in [6.07, 6.45) is 0.967. The monoisotopic (exact) mass is 318 g/mol. The highest BCUT2D eigenvalue weighted by Gasteiger charge is 2.37. The second kappa shape index (κ2) is 7.24. The molecular weight excluding hydrogens is 292 g/mol. The lowest BCUT2D eigenvalue weighted by atomic mass is 9.99. The molecule has 0 bridgehead atoms. The number of carbonyl (C=O) groups is 2. The van der Waals surface area contributed by atoms with E-state index in [4.69, 9.17) is 0 Å². The molecule has 122 valence electrons. The molecule has 1 saturated heterocycles. The SMILES string of the molecule is CCS(=O)(=O)CCCN1C(=O)C(CC(C)C)NC(=O)C1C. The first-order valence-corrected chi connectivity index (χ1v) is 9.31. The Hall–Kier alpha value is -1.11. The Labute approximate surface area is 127 Å². The molecule has 7 heteroatoms. The zero-order chi connectivity index (χ0) is 16.2. The molecule has 0 aromatic rings. The molecule has 0 saturated carbocycles. The normalized spacial score (nSPS) is 23.6. The number of piperazine rings is 1. The van der Waals surface area contributed by atoms with Crippen LogP contribution in [0.1, 0.15) is 40.5 Å². The van der Waals surface area contributed by atoms with E-state index in [1.807, 2.05) is 13.8 Å². The average Bonchev–Trinajstić information content (AvgIpc) is 2.39. The number of amides is 2. The predicted molar refractivity (Wildman–Crippen MR) is 81.5 cm³/mol. The summed E-state index contributed by atoms with van der Waals surface area (Å²) in [5.41, 5.74) is 0. The van der Waals surface area contributed by atoms with E-state index in [1.54, 1.807) is 13.8 Å². The van der Waals surface area contributed by atoms with Crippen LogP contribution in [0.25, 0.3) is 0 Å². The highest BCUT2D eigenvalue weighted by atomic mass is 32.2. The standard InChI is InChI=1S/C14H26N2O4S/c1-5-21(19,20)8-6-7-16-11(4)13(17)15-12(14(16)18)9-10(2)3/h10-12H,5-9H2,1-4H3,(H,15,17). The molecule has 0 radical (unpaired) electrons. The van der Waals surface area contributed by atoms with Crippen LogP contribution in [0.4, 0.5) is 0 Å². The van der Waals surface area contributed by atoms with Crippen molar-refractivity contribution in [3.05, 3.63) is 0 Å². The van der Waals surface area contributed by atoms with Gasteiger partial charge in [0.25, 0.3) is 0 Å². The summed E-state index contributed by atoms with van der Waals surface area (Å²) in [5.74, 6) is 0.182. The number of sulfone groups is 1. The largest absolute Gasteiger partial charge is 0.343 e. The molecule has 6 nitrogen and oxygen atoms in total. The molecule has 1 aliphatic heterocycles. The fourth-order valence-electron chi connectivity index (χ4n) is 2.42. The Bertz CT molecular complexity index is 487. The highest BCUT2D eigenvalue weighted by Crippen LogP contribution is 2.16. The summed E-state index contributed by atoms with van der Waals surface area (Å²) in [6, 6.07) is -1.03. The van der Waals surface area contributed by atoms with E-state index in [2.05, 4.69) is 5.32 Å². The van der Waals surface area contributed by atoms with E-state index in [9.17, 15) is 18.0 Å². The third-order valence-electron chi connectivity index (χ3n) is 3.75. The summed E-state index contributed by atoms with van der Waals surface area (Å²) >= 11 is 0. The number of hydrogen-bond donors (Lipinski definition) is 1. The van der Waals surface area contributed by atoms with Crippen LogP contribution in [-0.4, -0.2) is 55.3 Å². The molecule has 1 heterocycles. The van der Waals surface area contributed by atoms with Gasteiger partial charge in [0, 0.05) is 12.3 Å². The van der Waals surface area contributed by atoms with Crippen LogP contribution in [0.2, 0.25) is 0 Å². The lowest BCUT2D eigenvalue weighted by Gasteiger charge is -2.38. The van der Waals surface area contributed by atoms with Crippen LogP contribution in [0.5, 0.6) is 0 Å². The number of rotatable bonds is 7. The summed E-state index contributed by atoms with van der Waals surface area (Å²) in [5, 5.41) is 2.75. The van der Waals surface area contributed by atoms with Crippen molar-refractivity contribution in [2.45, 2.75) is 52.6 Å². The van der Waals surface area contributed by atoms with E-state index in [0.29, 0.717) is 25.3 Å². The second-order valence-corrected chi connectivity index (χ2v) is 8.46. The van der Waals surface area contributed by atoms with Gasteiger partial charge in [-0.25, -0.2) is 8.42 Å². The lowest BCUT2D eigenvalue weighted by molar-refractivity contribution is -0.149. The molecule has 0 aliphatic carbocycles. The molecule has 21 heavy (non-hydrogen) atoms. The third kappa shape index (κ3) is 4.98. The van der Waals surface area contributed by atoms with Crippen LogP contribution in [0.3, 0.4) is 0 Å². The topological polar surface area (TPSA) is 83.6 Å². The van der Waals surface area contributed by atoms with Gasteiger partial charge >= 0.3 is 0 Å². The van der Waals surface area contributed by atoms with Crippen LogP contribution >= 0.6 is 0 Å².